The van der Waals surface area contributed by atoms with E-state index in [4.69, 9.17) is 0 Å². The minimum atomic E-state index is -0.569. The molecule has 0 amide bonds. The molecule has 5 heteroatoms. The highest BCUT2D eigenvalue weighted by Gasteiger charge is 2.14. The molecule has 0 radical (unpaired) electrons. The Bertz CT molecular complexity index is 495. The third kappa shape index (κ3) is 1.35. The highest BCUT2D eigenvalue weighted by molar-refractivity contribution is 7.16. The van der Waals surface area contributed by atoms with Gasteiger partial charge < -0.3 is 4.74 Å². The van der Waals surface area contributed by atoms with E-state index in [2.05, 4.69) is 9.72 Å². The molecule has 1 aromatic heterocycles. The molecule has 2 rings (SSSR count). The minimum absolute atomic E-state index is 0.170. The largest absolute Gasteiger partial charge is 0.465 e. The van der Waals surface area contributed by atoms with Crippen LogP contribution in [0.4, 0.5) is 4.39 Å². The number of halogens is 1. The fraction of sp³-hybridized carbons (Fsp3) is 0.111. The molecule has 0 saturated carbocycles. The molecule has 0 aliphatic heterocycles. The van der Waals surface area contributed by atoms with Crippen molar-refractivity contribution in [2.45, 2.75) is 0 Å². The molecule has 1 heterocycles. The second kappa shape index (κ2) is 3.34. The molecule has 14 heavy (non-hydrogen) atoms. The number of esters is 1. The number of ether oxygens (including phenoxy) is 1. The molecule has 1 aromatic carbocycles. The maximum absolute atomic E-state index is 13.0. The van der Waals surface area contributed by atoms with E-state index >= 15 is 0 Å². The van der Waals surface area contributed by atoms with E-state index in [1.165, 1.54) is 24.5 Å². The zero-order chi connectivity index (χ0) is 10.1. The Balaban J connectivity index is 2.72. The highest BCUT2D eigenvalue weighted by atomic mass is 32.1. The molecule has 0 spiro atoms. The molecular weight excluding hydrogens is 205 g/mol. The molecule has 0 atom stereocenters. The molecular formula is C9H6FNO2S. The van der Waals surface area contributed by atoms with Gasteiger partial charge in [0, 0.05) is 0 Å². The average Bonchev–Trinajstić information content (AvgIpc) is 2.62. The van der Waals surface area contributed by atoms with Gasteiger partial charge in [-0.05, 0) is 12.1 Å². The first-order valence-electron chi connectivity index (χ1n) is 3.83. The van der Waals surface area contributed by atoms with Gasteiger partial charge in [0.1, 0.15) is 5.82 Å². The van der Waals surface area contributed by atoms with Crippen LogP contribution in [-0.2, 0) is 4.74 Å². The quantitative estimate of drug-likeness (QED) is 0.679. The Morgan fingerprint density at radius 1 is 1.57 bits per heavy atom. The number of methoxy groups -OCH3 is 1. The number of carbonyl (C=O) groups excluding carboxylic acids is 1. The van der Waals surface area contributed by atoms with Gasteiger partial charge in [-0.1, -0.05) is 0 Å². The van der Waals surface area contributed by atoms with Gasteiger partial charge in [-0.3, -0.25) is 0 Å². The molecule has 0 aliphatic carbocycles. The number of benzene rings is 1. The Morgan fingerprint density at radius 2 is 2.36 bits per heavy atom. The lowest BCUT2D eigenvalue weighted by Gasteiger charge is -1.99. The maximum Gasteiger partial charge on any atom is 0.340 e. The highest BCUT2D eigenvalue weighted by Crippen LogP contribution is 2.23. The number of rotatable bonds is 1. The van der Waals surface area contributed by atoms with Crippen molar-refractivity contribution in [3.8, 4) is 0 Å². The Morgan fingerprint density at radius 3 is 3.07 bits per heavy atom. The molecule has 0 N–H and O–H groups in total. The van der Waals surface area contributed by atoms with Crippen LogP contribution in [0.2, 0.25) is 0 Å². The van der Waals surface area contributed by atoms with Gasteiger partial charge in [0.15, 0.2) is 0 Å². The van der Waals surface area contributed by atoms with Gasteiger partial charge in [0.05, 0.1) is 28.4 Å². The molecule has 0 aliphatic rings. The number of carbonyl (C=O) groups is 1. The Hall–Kier alpha value is -1.49. The van der Waals surface area contributed by atoms with Crippen LogP contribution in [0.15, 0.2) is 17.6 Å². The van der Waals surface area contributed by atoms with E-state index in [1.807, 2.05) is 0 Å². The molecule has 0 saturated heterocycles. The van der Waals surface area contributed by atoms with E-state index in [0.29, 0.717) is 10.2 Å². The number of nitrogens with zero attached hydrogens (tertiary/aromatic N) is 1. The van der Waals surface area contributed by atoms with Crippen LogP contribution in [0.1, 0.15) is 10.4 Å². The van der Waals surface area contributed by atoms with E-state index in [-0.39, 0.29) is 5.56 Å². The van der Waals surface area contributed by atoms with Crippen LogP contribution in [0.5, 0.6) is 0 Å². The van der Waals surface area contributed by atoms with E-state index in [1.54, 1.807) is 5.51 Å². The van der Waals surface area contributed by atoms with Crippen molar-refractivity contribution < 1.29 is 13.9 Å². The Kier molecular flexibility index (Phi) is 2.17. The summed E-state index contributed by atoms with van der Waals surface area (Å²) in [6, 6.07) is 2.48. The third-order valence-electron chi connectivity index (χ3n) is 1.81. The van der Waals surface area contributed by atoms with Gasteiger partial charge in [0.2, 0.25) is 0 Å². The predicted molar refractivity (Wildman–Crippen MR) is 50.9 cm³/mol. The monoisotopic (exact) mass is 211 g/mol. The van der Waals surface area contributed by atoms with Crippen LogP contribution in [0.3, 0.4) is 0 Å². The van der Waals surface area contributed by atoms with Crippen molar-refractivity contribution in [1.29, 1.82) is 0 Å². The predicted octanol–water partition coefficient (Wildman–Crippen LogP) is 2.22. The molecule has 72 valence electrons. The lowest BCUT2D eigenvalue weighted by Crippen LogP contribution is -2.02. The molecule has 2 aromatic rings. The average molecular weight is 211 g/mol. The lowest BCUT2D eigenvalue weighted by atomic mass is 10.2. The van der Waals surface area contributed by atoms with Crippen LogP contribution < -0.4 is 0 Å². The van der Waals surface area contributed by atoms with E-state index in [0.717, 1.165) is 6.07 Å². The van der Waals surface area contributed by atoms with Crippen LogP contribution in [0, 0.1) is 5.82 Å². The van der Waals surface area contributed by atoms with Gasteiger partial charge in [-0.15, -0.1) is 11.3 Å². The van der Waals surface area contributed by atoms with E-state index in [9.17, 15) is 9.18 Å². The Labute approximate surface area is 83.1 Å². The number of hydrogen-bond donors (Lipinski definition) is 0. The lowest BCUT2D eigenvalue weighted by molar-refractivity contribution is 0.0602. The number of fused-ring (bicyclic) bond motifs is 1. The zero-order valence-corrected chi connectivity index (χ0v) is 8.10. The first-order valence-corrected chi connectivity index (χ1v) is 4.71. The zero-order valence-electron chi connectivity index (χ0n) is 7.28. The summed E-state index contributed by atoms with van der Waals surface area (Å²) in [6.07, 6.45) is 0. The summed E-state index contributed by atoms with van der Waals surface area (Å²) in [6.45, 7) is 0. The summed E-state index contributed by atoms with van der Waals surface area (Å²) in [5.74, 6) is -1.03. The van der Waals surface area contributed by atoms with Gasteiger partial charge in [0.25, 0.3) is 0 Å². The van der Waals surface area contributed by atoms with Gasteiger partial charge in [-0.25, -0.2) is 14.2 Å². The van der Waals surface area contributed by atoms with Crippen LogP contribution >= 0.6 is 11.3 Å². The summed E-state index contributed by atoms with van der Waals surface area (Å²) >= 11 is 1.28. The summed E-state index contributed by atoms with van der Waals surface area (Å²) in [4.78, 5) is 15.2. The second-order valence-electron chi connectivity index (χ2n) is 2.64. The smallest absolute Gasteiger partial charge is 0.340 e. The second-order valence-corrected chi connectivity index (χ2v) is 3.53. The normalized spacial score (nSPS) is 10.4. The van der Waals surface area contributed by atoms with Crippen molar-refractivity contribution in [3.63, 3.8) is 0 Å². The van der Waals surface area contributed by atoms with Crippen molar-refractivity contribution in [2.24, 2.45) is 0 Å². The first kappa shape index (κ1) is 9.08. The topological polar surface area (TPSA) is 39.2 Å². The fourth-order valence-electron chi connectivity index (χ4n) is 1.20. The van der Waals surface area contributed by atoms with E-state index < -0.39 is 11.8 Å². The molecule has 0 fully saturated rings. The summed E-state index contributed by atoms with van der Waals surface area (Å²) in [7, 11) is 1.26. The SMILES string of the molecule is COC(=O)c1cc(F)cc2scnc12. The van der Waals surface area contributed by atoms with Crippen molar-refractivity contribution in [2.75, 3.05) is 7.11 Å². The molecule has 0 bridgehead atoms. The number of aromatic nitrogens is 1. The first-order chi connectivity index (χ1) is 6.72. The summed E-state index contributed by atoms with van der Waals surface area (Å²) in [5, 5.41) is 0. The van der Waals surface area contributed by atoms with Crippen molar-refractivity contribution >= 4 is 27.5 Å². The molecule has 0 unspecified atom stereocenters. The number of hydrogen-bond acceptors (Lipinski definition) is 4. The van der Waals surface area contributed by atoms with Crippen LogP contribution in [0.25, 0.3) is 10.2 Å². The van der Waals surface area contributed by atoms with Crippen LogP contribution in [-0.4, -0.2) is 18.1 Å². The summed E-state index contributed by atoms with van der Waals surface area (Å²) < 4.78 is 18.2. The minimum Gasteiger partial charge on any atom is -0.465 e. The number of thiazole rings is 1. The maximum atomic E-state index is 13.0. The van der Waals surface area contributed by atoms with Gasteiger partial charge in [-0.2, -0.15) is 0 Å². The molecule has 3 nitrogen and oxygen atoms in total. The van der Waals surface area contributed by atoms with Gasteiger partial charge >= 0.3 is 5.97 Å². The third-order valence-corrected chi connectivity index (χ3v) is 2.58. The van der Waals surface area contributed by atoms with Crippen molar-refractivity contribution in [1.82, 2.24) is 4.98 Å². The summed E-state index contributed by atoms with van der Waals surface area (Å²) in [5.41, 5.74) is 2.23. The van der Waals surface area contributed by atoms with Crippen molar-refractivity contribution in [3.05, 3.63) is 29.0 Å². The standard InChI is InChI=1S/C9H6FNO2S/c1-13-9(12)6-2-5(10)3-7-8(6)11-4-14-7/h2-4H,1H3. The fourth-order valence-corrected chi connectivity index (χ4v) is 1.93.